The van der Waals surface area contributed by atoms with E-state index in [0.717, 1.165) is 12.3 Å². The van der Waals surface area contributed by atoms with Gasteiger partial charge in [0.1, 0.15) is 12.6 Å². The van der Waals surface area contributed by atoms with Crippen LogP contribution in [0.2, 0.25) is 5.02 Å². The Labute approximate surface area is 191 Å². The first-order valence-electron chi connectivity index (χ1n) is 9.13. The van der Waals surface area contributed by atoms with Crippen LogP contribution in [0.3, 0.4) is 0 Å². The summed E-state index contributed by atoms with van der Waals surface area (Å²) in [5.41, 5.74) is 0.932. The summed E-state index contributed by atoms with van der Waals surface area (Å²) in [6.45, 7) is 0.111. The predicted octanol–water partition coefficient (Wildman–Crippen LogP) is 1.19. The first kappa shape index (κ1) is 22.5. The predicted molar refractivity (Wildman–Crippen MR) is 114 cm³/mol. The SMILES string of the molecule is COC(=O)C1=C2C/C(=[NH+]/S(C)(=O)=O)CN2C(c2nccs2)=N[C@H]1c1ccc(F)c(F)c1Cl. The summed E-state index contributed by atoms with van der Waals surface area (Å²) in [6.07, 6.45) is 2.66. The fourth-order valence-corrected chi connectivity index (χ4v) is 5.21. The van der Waals surface area contributed by atoms with Gasteiger partial charge in [0.25, 0.3) is 0 Å². The van der Waals surface area contributed by atoms with Gasteiger partial charge in [-0.05, 0) is 6.07 Å². The van der Waals surface area contributed by atoms with Crippen molar-refractivity contribution in [3.63, 3.8) is 0 Å². The number of methoxy groups -OCH3 is 1. The van der Waals surface area contributed by atoms with Crippen LogP contribution in [0.4, 0.5) is 8.78 Å². The van der Waals surface area contributed by atoms with Gasteiger partial charge in [-0.1, -0.05) is 17.7 Å². The number of aromatic nitrogens is 1. The Hall–Kier alpha value is -2.70. The number of esters is 1. The Morgan fingerprint density at radius 3 is 2.75 bits per heavy atom. The Balaban J connectivity index is 1.97. The molecule has 0 aliphatic carbocycles. The maximum absolute atomic E-state index is 14.3. The Bertz CT molecular complexity index is 1310. The summed E-state index contributed by atoms with van der Waals surface area (Å²) in [5.74, 6) is -2.80. The van der Waals surface area contributed by atoms with Gasteiger partial charge in [0.2, 0.25) is 0 Å². The highest BCUT2D eigenvalue weighted by Gasteiger charge is 2.43. The molecule has 8 nitrogen and oxygen atoms in total. The zero-order chi connectivity index (χ0) is 23.2. The van der Waals surface area contributed by atoms with Crippen molar-refractivity contribution in [3.8, 4) is 0 Å². The number of thiazole rings is 1. The molecule has 0 amide bonds. The molecule has 0 saturated carbocycles. The Morgan fingerprint density at radius 1 is 1.38 bits per heavy atom. The molecule has 0 bridgehead atoms. The van der Waals surface area contributed by atoms with Crippen molar-refractivity contribution < 1.29 is 31.1 Å². The van der Waals surface area contributed by atoms with Crippen LogP contribution in [0.25, 0.3) is 0 Å². The van der Waals surface area contributed by atoms with Gasteiger partial charge in [-0.3, -0.25) is 4.99 Å². The highest BCUT2D eigenvalue weighted by molar-refractivity contribution is 7.83. The number of aliphatic imine (C=N–C) groups is 1. The molecule has 168 valence electrons. The van der Waals surface area contributed by atoms with Gasteiger partial charge in [0.05, 0.1) is 30.4 Å². The summed E-state index contributed by atoms with van der Waals surface area (Å²) in [6, 6.07) is 1.04. The number of sulfonamides is 1. The van der Waals surface area contributed by atoms with Crippen LogP contribution in [-0.2, 0) is 19.6 Å². The number of benzene rings is 1. The van der Waals surface area contributed by atoms with E-state index >= 15 is 0 Å². The zero-order valence-electron chi connectivity index (χ0n) is 16.7. The molecule has 1 aromatic heterocycles. The molecule has 32 heavy (non-hydrogen) atoms. The lowest BCUT2D eigenvalue weighted by Gasteiger charge is -2.30. The van der Waals surface area contributed by atoms with Crippen molar-refractivity contribution in [2.75, 3.05) is 19.9 Å². The molecule has 1 atom stereocenters. The summed E-state index contributed by atoms with van der Waals surface area (Å²) in [7, 11) is -2.39. The highest BCUT2D eigenvalue weighted by atomic mass is 35.5. The number of rotatable bonds is 4. The first-order valence-corrected chi connectivity index (χ1v) is 12.3. The smallest absolute Gasteiger partial charge is 0.359 e. The fourth-order valence-electron chi connectivity index (χ4n) is 3.65. The monoisotopic (exact) mass is 501 g/mol. The molecule has 1 N–H and O–H groups in total. The quantitative estimate of drug-likeness (QED) is 0.499. The molecule has 0 unspecified atom stereocenters. The summed E-state index contributed by atoms with van der Waals surface area (Å²) in [4.78, 5) is 23.3. The van der Waals surface area contributed by atoms with E-state index in [1.54, 1.807) is 16.5 Å². The van der Waals surface area contributed by atoms with Crippen LogP contribution >= 0.6 is 22.9 Å². The van der Waals surface area contributed by atoms with Gasteiger partial charge in [0.15, 0.2) is 28.2 Å². The van der Waals surface area contributed by atoms with Gasteiger partial charge in [-0.25, -0.2) is 18.6 Å². The normalized spacial score (nSPS) is 19.9. The topological polar surface area (TPSA) is 103 Å². The molecule has 2 aliphatic rings. The molecule has 1 saturated heterocycles. The van der Waals surface area contributed by atoms with Crippen LogP contribution < -0.4 is 4.40 Å². The molecule has 4 rings (SSSR count). The number of nitrogens with one attached hydrogen (secondary N) is 1. The van der Waals surface area contributed by atoms with Crippen molar-refractivity contribution in [2.24, 2.45) is 4.99 Å². The number of ether oxygens (including phenoxy) is 1. The lowest BCUT2D eigenvalue weighted by Crippen LogP contribution is -2.76. The zero-order valence-corrected chi connectivity index (χ0v) is 19.1. The van der Waals surface area contributed by atoms with Gasteiger partial charge in [-0.2, -0.15) is 8.42 Å². The van der Waals surface area contributed by atoms with Crippen molar-refractivity contribution in [1.29, 1.82) is 0 Å². The molecule has 0 radical (unpaired) electrons. The molecular weight excluding hydrogens is 486 g/mol. The van der Waals surface area contributed by atoms with Crippen molar-refractivity contribution in [3.05, 3.63) is 62.2 Å². The van der Waals surface area contributed by atoms with Crippen LogP contribution in [0, 0.1) is 11.6 Å². The van der Waals surface area contributed by atoms with E-state index < -0.39 is 38.7 Å². The van der Waals surface area contributed by atoms with Crippen LogP contribution in [0.1, 0.15) is 23.0 Å². The molecule has 2 aliphatic heterocycles. The second kappa shape index (κ2) is 8.34. The third-order valence-electron chi connectivity index (χ3n) is 4.87. The van der Waals surface area contributed by atoms with E-state index in [-0.39, 0.29) is 24.1 Å². The number of halogens is 3. The largest absolute Gasteiger partial charge is 0.466 e. The van der Waals surface area contributed by atoms with Crippen molar-refractivity contribution in [1.82, 2.24) is 9.88 Å². The second-order valence-corrected chi connectivity index (χ2v) is 10.1. The number of carbonyl (C=O) groups is 1. The van der Waals surface area contributed by atoms with Crippen LogP contribution in [0.5, 0.6) is 0 Å². The molecule has 1 fully saturated rings. The van der Waals surface area contributed by atoms with E-state index in [1.807, 2.05) is 0 Å². The average Bonchev–Trinajstić information content (AvgIpc) is 3.39. The van der Waals surface area contributed by atoms with Crippen molar-refractivity contribution in [2.45, 2.75) is 12.5 Å². The summed E-state index contributed by atoms with van der Waals surface area (Å²) in [5, 5.41) is 1.71. The molecule has 0 spiro atoms. The minimum Gasteiger partial charge on any atom is -0.466 e. The molecule has 2 aromatic rings. The number of amidine groups is 1. The highest BCUT2D eigenvalue weighted by Crippen LogP contribution is 2.42. The first-order chi connectivity index (χ1) is 15.1. The standard InChI is InChI=1S/C19H15ClF2N4O4S2/c1-30-19(27)13-12-7-9(25-32(2,28)29)8-26(12)17(18-23-5-6-31-18)24-16(13)10-3-4-11(21)15(22)14(10)20/h3-6,16H,7-8H2,1-2H3/p+1/b25-9-/t16-/m0/s1. The maximum atomic E-state index is 14.3. The number of fused-ring (bicyclic) bond motifs is 1. The van der Waals surface area contributed by atoms with Gasteiger partial charge < -0.3 is 9.64 Å². The second-order valence-electron chi connectivity index (χ2n) is 7.05. The van der Waals surface area contributed by atoms with Gasteiger partial charge >= 0.3 is 16.0 Å². The van der Waals surface area contributed by atoms with Crippen LogP contribution in [-0.4, -0.2) is 55.7 Å². The fraction of sp³-hybridized carbons (Fsp3) is 0.263. The average molecular weight is 502 g/mol. The minimum atomic E-state index is -3.57. The third-order valence-corrected chi connectivity index (χ3v) is 6.68. The summed E-state index contributed by atoms with van der Waals surface area (Å²) >= 11 is 7.37. The van der Waals surface area contributed by atoms with E-state index in [2.05, 4.69) is 14.4 Å². The Morgan fingerprint density at radius 2 is 2.12 bits per heavy atom. The molecular formula is C19H16ClF2N4O4S2+. The van der Waals surface area contributed by atoms with Crippen molar-refractivity contribution >= 4 is 50.5 Å². The lowest BCUT2D eigenvalue weighted by molar-refractivity contribution is -0.268. The number of nitrogens with zero attached hydrogens (tertiary/aromatic N) is 3. The Kier molecular flexibility index (Phi) is 5.86. The number of hydrogen-bond acceptors (Lipinski definition) is 8. The molecule has 3 heterocycles. The lowest BCUT2D eigenvalue weighted by atomic mass is 9.94. The number of hydrogen-bond donors (Lipinski definition) is 1. The van der Waals surface area contributed by atoms with Gasteiger partial charge in [0, 0.05) is 22.8 Å². The molecule has 1 aromatic carbocycles. The third kappa shape index (κ3) is 4.05. The van der Waals surface area contributed by atoms with E-state index in [1.165, 1.54) is 24.5 Å². The molecule has 13 heteroatoms. The van der Waals surface area contributed by atoms with E-state index in [4.69, 9.17) is 16.3 Å². The maximum Gasteiger partial charge on any atom is 0.359 e. The van der Waals surface area contributed by atoms with Gasteiger partial charge in [-0.15, -0.1) is 15.7 Å². The number of carbonyl (C=O) groups excluding carboxylic acids is 1. The minimum absolute atomic E-state index is 0.0472. The summed E-state index contributed by atoms with van der Waals surface area (Å²) < 4.78 is 58.9. The number of allylic oxidation sites excluding steroid dienone is 1. The van der Waals surface area contributed by atoms with Crippen LogP contribution in [0.15, 0.2) is 40.0 Å². The van der Waals surface area contributed by atoms with E-state index in [9.17, 15) is 22.0 Å². The van der Waals surface area contributed by atoms with E-state index in [0.29, 0.717) is 22.3 Å².